The SMILES string of the molecule is CC12CCC(=O)N1C(C(=O)Nc1ccsc1C(=O)O)CS2. The van der Waals surface area contributed by atoms with Crippen LogP contribution < -0.4 is 5.32 Å². The molecule has 6 nitrogen and oxygen atoms in total. The first-order valence-corrected chi connectivity index (χ1v) is 8.37. The Morgan fingerprint density at radius 1 is 1.52 bits per heavy atom. The highest BCUT2D eigenvalue weighted by molar-refractivity contribution is 8.01. The second kappa shape index (κ2) is 5.03. The van der Waals surface area contributed by atoms with Gasteiger partial charge in [0.05, 0.1) is 10.6 Å². The molecule has 0 spiro atoms. The van der Waals surface area contributed by atoms with Crippen molar-refractivity contribution in [3.63, 3.8) is 0 Å². The van der Waals surface area contributed by atoms with Crippen LogP contribution in [0.3, 0.4) is 0 Å². The lowest BCUT2D eigenvalue weighted by molar-refractivity contribution is -0.135. The second-order valence-electron chi connectivity index (χ2n) is 5.22. The van der Waals surface area contributed by atoms with Crippen molar-refractivity contribution in [3.05, 3.63) is 16.3 Å². The van der Waals surface area contributed by atoms with Crippen molar-refractivity contribution in [2.24, 2.45) is 0 Å². The van der Waals surface area contributed by atoms with Gasteiger partial charge in [-0.3, -0.25) is 9.59 Å². The number of nitrogens with one attached hydrogen (secondary N) is 1. The summed E-state index contributed by atoms with van der Waals surface area (Å²) >= 11 is 2.67. The van der Waals surface area contributed by atoms with Crippen molar-refractivity contribution >= 4 is 46.6 Å². The summed E-state index contributed by atoms with van der Waals surface area (Å²) in [5.41, 5.74) is 0.294. The van der Waals surface area contributed by atoms with E-state index in [9.17, 15) is 14.4 Å². The number of hydrogen-bond acceptors (Lipinski definition) is 5. The third kappa shape index (κ3) is 2.32. The van der Waals surface area contributed by atoms with Gasteiger partial charge in [-0.15, -0.1) is 23.1 Å². The van der Waals surface area contributed by atoms with Crippen LogP contribution in [0.15, 0.2) is 11.4 Å². The fraction of sp³-hybridized carbons (Fsp3) is 0.462. The normalized spacial score (nSPS) is 27.8. The quantitative estimate of drug-likeness (QED) is 0.885. The molecule has 0 aliphatic carbocycles. The van der Waals surface area contributed by atoms with Gasteiger partial charge in [-0.05, 0) is 24.8 Å². The average Bonchev–Trinajstić information content (AvgIpc) is 3.06. The first-order valence-electron chi connectivity index (χ1n) is 6.50. The number of carboxylic acid groups (broad SMARTS) is 1. The van der Waals surface area contributed by atoms with E-state index in [1.54, 1.807) is 28.1 Å². The Kier molecular flexibility index (Phi) is 3.45. The smallest absolute Gasteiger partial charge is 0.348 e. The van der Waals surface area contributed by atoms with E-state index < -0.39 is 12.0 Å². The van der Waals surface area contributed by atoms with Crippen LogP contribution >= 0.6 is 23.1 Å². The van der Waals surface area contributed by atoms with Crippen LogP contribution in [0.4, 0.5) is 5.69 Å². The zero-order valence-corrected chi connectivity index (χ0v) is 12.9. The van der Waals surface area contributed by atoms with E-state index in [4.69, 9.17) is 5.11 Å². The number of hydrogen-bond donors (Lipinski definition) is 2. The lowest BCUT2D eigenvalue weighted by atomic mass is 10.2. The number of thioether (sulfide) groups is 1. The Balaban J connectivity index is 1.79. The standard InChI is InChI=1S/C13H14N2O4S2/c1-13-4-2-9(16)15(13)8(6-21-13)11(17)14-7-3-5-20-10(7)12(18)19/h3,5,8H,2,4,6H2,1H3,(H,14,17)(H,18,19). The van der Waals surface area contributed by atoms with Gasteiger partial charge in [0.25, 0.3) is 0 Å². The minimum atomic E-state index is -1.07. The van der Waals surface area contributed by atoms with Crippen molar-refractivity contribution in [1.29, 1.82) is 0 Å². The summed E-state index contributed by atoms with van der Waals surface area (Å²) in [6, 6.07) is 1.04. The van der Waals surface area contributed by atoms with Crippen LogP contribution in [-0.2, 0) is 9.59 Å². The molecule has 0 radical (unpaired) electrons. The molecule has 2 unspecified atom stereocenters. The lowest BCUT2D eigenvalue weighted by Gasteiger charge is -2.29. The van der Waals surface area contributed by atoms with E-state index in [1.807, 2.05) is 6.92 Å². The topological polar surface area (TPSA) is 86.7 Å². The van der Waals surface area contributed by atoms with Crippen LogP contribution in [-0.4, -0.2) is 44.5 Å². The number of nitrogens with zero attached hydrogens (tertiary/aromatic N) is 1. The van der Waals surface area contributed by atoms with Crippen molar-refractivity contribution < 1.29 is 19.5 Å². The molecule has 2 N–H and O–H groups in total. The van der Waals surface area contributed by atoms with Gasteiger partial charge < -0.3 is 15.3 Å². The maximum absolute atomic E-state index is 12.4. The van der Waals surface area contributed by atoms with Gasteiger partial charge in [0, 0.05) is 12.2 Å². The molecule has 1 aromatic heterocycles. The van der Waals surface area contributed by atoms with Crippen LogP contribution in [0, 0.1) is 0 Å². The molecule has 2 amide bonds. The monoisotopic (exact) mass is 326 g/mol. The number of rotatable bonds is 3. The largest absolute Gasteiger partial charge is 0.477 e. The predicted octanol–water partition coefficient (Wildman–Crippen LogP) is 1.84. The van der Waals surface area contributed by atoms with Crippen LogP contribution in [0.5, 0.6) is 0 Å². The minimum Gasteiger partial charge on any atom is -0.477 e. The fourth-order valence-corrected chi connectivity index (χ4v) is 4.92. The number of carboxylic acids is 1. The van der Waals surface area contributed by atoms with E-state index in [-0.39, 0.29) is 21.6 Å². The fourth-order valence-electron chi connectivity index (χ4n) is 2.80. The van der Waals surface area contributed by atoms with E-state index in [0.29, 0.717) is 17.9 Å². The molecule has 1 aromatic rings. The number of fused-ring (bicyclic) bond motifs is 1. The Hall–Kier alpha value is -1.54. The summed E-state index contributed by atoms with van der Waals surface area (Å²) in [7, 11) is 0. The number of carbonyl (C=O) groups is 3. The van der Waals surface area contributed by atoms with Gasteiger partial charge in [0.15, 0.2) is 0 Å². The zero-order valence-electron chi connectivity index (χ0n) is 11.3. The molecule has 0 saturated carbocycles. The zero-order chi connectivity index (χ0) is 15.2. The van der Waals surface area contributed by atoms with Gasteiger partial charge in [-0.2, -0.15) is 0 Å². The number of carbonyl (C=O) groups excluding carboxylic acids is 2. The Bertz CT molecular complexity index is 629. The van der Waals surface area contributed by atoms with Crippen molar-refractivity contribution in [3.8, 4) is 0 Å². The highest BCUT2D eigenvalue weighted by Crippen LogP contribution is 2.47. The number of aromatic carboxylic acids is 1. The summed E-state index contributed by atoms with van der Waals surface area (Å²) < 4.78 is 0. The molecule has 21 heavy (non-hydrogen) atoms. The van der Waals surface area contributed by atoms with E-state index in [1.165, 1.54) is 0 Å². The van der Waals surface area contributed by atoms with Crippen molar-refractivity contribution in [1.82, 2.24) is 4.90 Å². The maximum atomic E-state index is 12.4. The Morgan fingerprint density at radius 3 is 3.00 bits per heavy atom. The molecular formula is C13H14N2O4S2. The maximum Gasteiger partial charge on any atom is 0.348 e. The number of amides is 2. The van der Waals surface area contributed by atoms with Crippen LogP contribution in [0.25, 0.3) is 0 Å². The van der Waals surface area contributed by atoms with Crippen LogP contribution in [0.2, 0.25) is 0 Å². The molecule has 0 aromatic carbocycles. The van der Waals surface area contributed by atoms with E-state index in [0.717, 1.165) is 17.8 Å². The minimum absolute atomic E-state index is 0.00794. The summed E-state index contributed by atoms with van der Waals surface area (Å²) in [4.78, 5) is 36.9. The average molecular weight is 326 g/mol. The molecule has 2 aliphatic rings. The molecule has 8 heteroatoms. The van der Waals surface area contributed by atoms with E-state index in [2.05, 4.69) is 5.32 Å². The Morgan fingerprint density at radius 2 is 2.29 bits per heavy atom. The van der Waals surface area contributed by atoms with Gasteiger partial charge >= 0.3 is 5.97 Å². The number of anilines is 1. The summed E-state index contributed by atoms with van der Waals surface area (Å²) in [5.74, 6) is -0.849. The molecule has 2 saturated heterocycles. The second-order valence-corrected chi connectivity index (χ2v) is 7.64. The van der Waals surface area contributed by atoms with E-state index >= 15 is 0 Å². The summed E-state index contributed by atoms with van der Waals surface area (Å²) in [6.07, 6.45) is 1.21. The molecule has 2 aliphatic heterocycles. The summed E-state index contributed by atoms with van der Waals surface area (Å²) in [5, 5.41) is 13.3. The van der Waals surface area contributed by atoms with Gasteiger partial charge in [0.2, 0.25) is 11.8 Å². The number of thiophene rings is 1. The molecule has 3 rings (SSSR count). The van der Waals surface area contributed by atoms with Crippen molar-refractivity contribution in [2.75, 3.05) is 11.1 Å². The van der Waals surface area contributed by atoms with Crippen LogP contribution in [0.1, 0.15) is 29.4 Å². The molecular weight excluding hydrogens is 312 g/mol. The van der Waals surface area contributed by atoms with Crippen molar-refractivity contribution in [2.45, 2.75) is 30.7 Å². The molecule has 112 valence electrons. The van der Waals surface area contributed by atoms with Gasteiger partial charge in [-0.1, -0.05) is 0 Å². The van der Waals surface area contributed by atoms with Gasteiger partial charge in [-0.25, -0.2) is 4.79 Å². The molecule has 2 atom stereocenters. The Labute approximate surface area is 129 Å². The van der Waals surface area contributed by atoms with Gasteiger partial charge in [0.1, 0.15) is 10.9 Å². The first kappa shape index (κ1) is 14.4. The molecule has 0 bridgehead atoms. The molecule has 3 heterocycles. The molecule has 2 fully saturated rings. The third-order valence-corrected chi connectivity index (χ3v) is 6.27. The third-order valence-electron chi connectivity index (χ3n) is 3.86. The summed E-state index contributed by atoms with van der Waals surface area (Å²) in [6.45, 7) is 1.98. The highest BCUT2D eigenvalue weighted by atomic mass is 32.2. The highest BCUT2D eigenvalue weighted by Gasteiger charge is 2.52. The predicted molar refractivity (Wildman–Crippen MR) is 80.6 cm³/mol. The first-order chi connectivity index (χ1) is 9.92. The lowest BCUT2D eigenvalue weighted by Crippen LogP contribution is -2.48.